The number of ketones is 1. The zero-order valence-electron chi connectivity index (χ0n) is 12.4. The van der Waals surface area contributed by atoms with E-state index in [1.807, 2.05) is 6.07 Å². The third-order valence-electron chi connectivity index (χ3n) is 2.92. The molecule has 1 aromatic carbocycles. The molecule has 2 rings (SSSR count). The lowest BCUT2D eigenvalue weighted by Gasteiger charge is -2.06. The highest BCUT2D eigenvalue weighted by atomic mass is 16.5. The number of amidine groups is 1. The van der Waals surface area contributed by atoms with Crippen molar-refractivity contribution in [3.8, 4) is 11.8 Å². The van der Waals surface area contributed by atoms with Gasteiger partial charge in [0, 0.05) is 11.6 Å². The van der Waals surface area contributed by atoms with E-state index in [0.717, 1.165) is 0 Å². The normalized spacial score (nSPS) is 11.1. The van der Waals surface area contributed by atoms with E-state index >= 15 is 0 Å². The van der Waals surface area contributed by atoms with E-state index < -0.39 is 0 Å². The zero-order chi connectivity index (χ0) is 15.9. The molecule has 22 heavy (non-hydrogen) atoms. The Hall–Kier alpha value is -2.89. The number of hydrogen-bond acceptors (Lipinski definition) is 5. The van der Waals surface area contributed by atoms with E-state index in [1.165, 1.54) is 14.2 Å². The Morgan fingerprint density at radius 2 is 1.86 bits per heavy atom. The fourth-order valence-electron chi connectivity index (χ4n) is 1.85. The number of nitrogens with two attached hydrogens (primary N) is 1. The number of carbonyl (C=O) groups excluding carboxylic acids is 1. The van der Waals surface area contributed by atoms with Gasteiger partial charge in [0.25, 0.3) is 0 Å². The topological polar surface area (TPSA) is 86.8 Å². The quantitative estimate of drug-likeness (QED) is 0.502. The van der Waals surface area contributed by atoms with Crippen LogP contribution < -0.4 is 15.2 Å². The SMILES string of the molecule is COc1ccc(N=C(N)CC(=O)c2ccccc2)c(OC)n1. The smallest absolute Gasteiger partial charge is 0.243 e. The number of carbonyl (C=O) groups is 1. The minimum absolute atomic E-state index is 0.0270. The van der Waals surface area contributed by atoms with Crippen molar-refractivity contribution in [2.45, 2.75) is 6.42 Å². The van der Waals surface area contributed by atoms with Crippen molar-refractivity contribution in [3.63, 3.8) is 0 Å². The summed E-state index contributed by atoms with van der Waals surface area (Å²) in [6, 6.07) is 12.3. The molecule has 0 aliphatic rings. The maximum atomic E-state index is 12.1. The van der Waals surface area contributed by atoms with Crippen LogP contribution in [0.2, 0.25) is 0 Å². The van der Waals surface area contributed by atoms with E-state index in [1.54, 1.807) is 36.4 Å². The van der Waals surface area contributed by atoms with Gasteiger partial charge in [0.1, 0.15) is 11.5 Å². The maximum Gasteiger partial charge on any atom is 0.243 e. The number of nitrogens with zero attached hydrogens (tertiary/aromatic N) is 2. The van der Waals surface area contributed by atoms with Crippen LogP contribution in [-0.2, 0) is 0 Å². The molecule has 0 saturated carbocycles. The molecule has 2 N–H and O–H groups in total. The minimum Gasteiger partial charge on any atom is -0.481 e. The first-order valence-electron chi connectivity index (χ1n) is 6.64. The van der Waals surface area contributed by atoms with Crippen LogP contribution in [0.15, 0.2) is 47.5 Å². The average Bonchev–Trinajstić information content (AvgIpc) is 2.55. The Bertz CT molecular complexity index is 684. The first-order chi connectivity index (χ1) is 10.6. The van der Waals surface area contributed by atoms with Crippen molar-refractivity contribution in [1.82, 2.24) is 4.98 Å². The molecule has 0 aliphatic heterocycles. The largest absolute Gasteiger partial charge is 0.481 e. The number of ether oxygens (including phenoxy) is 2. The van der Waals surface area contributed by atoms with Gasteiger partial charge in [-0.25, -0.2) is 4.99 Å². The second kappa shape index (κ2) is 7.21. The molecule has 2 aromatic rings. The van der Waals surface area contributed by atoms with Crippen molar-refractivity contribution < 1.29 is 14.3 Å². The van der Waals surface area contributed by atoms with Gasteiger partial charge in [0.05, 0.1) is 20.6 Å². The molecular weight excluding hydrogens is 282 g/mol. The number of Topliss-reactive ketones (excluding diaryl/α,β-unsaturated/α-hetero) is 1. The molecule has 0 amide bonds. The van der Waals surface area contributed by atoms with E-state index in [4.69, 9.17) is 15.2 Å². The van der Waals surface area contributed by atoms with Crippen LogP contribution in [0.25, 0.3) is 0 Å². The summed E-state index contributed by atoms with van der Waals surface area (Å²) in [5, 5.41) is 0. The minimum atomic E-state index is -0.0951. The van der Waals surface area contributed by atoms with Gasteiger partial charge < -0.3 is 15.2 Å². The third-order valence-corrected chi connectivity index (χ3v) is 2.92. The standard InChI is InChI=1S/C16H17N3O3/c1-21-15-9-8-12(16(19-15)22-2)18-14(17)10-13(20)11-6-4-3-5-7-11/h3-9H,10H2,1-2H3,(H2,17,18). The summed E-state index contributed by atoms with van der Waals surface area (Å²) in [7, 11) is 2.99. The van der Waals surface area contributed by atoms with Gasteiger partial charge in [-0.15, -0.1) is 0 Å². The lowest BCUT2D eigenvalue weighted by atomic mass is 10.1. The van der Waals surface area contributed by atoms with Crippen LogP contribution >= 0.6 is 0 Å². The van der Waals surface area contributed by atoms with Gasteiger partial charge in [-0.2, -0.15) is 4.98 Å². The third kappa shape index (κ3) is 3.82. The van der Waals surface area contributed by atoms with Crippen LogP contribution in [-0.4, -0.2) is 30.8 Å². The molecule has 0 radical (unpaired) electrons. The van der Waals surface area contributed by atoms with Crippen LogP contribution in [0.5, 0.6) is 11.8 Å². The van der Waals surface area contributed by atoms with Crippen molar-refractivity contribution in [2.24, 2.45) is 10.7 Å². The first-order valence-corrected chi connectivity index (χ1v) is 6.64. The molecule has 114 valence electrons. The van der Waals surface area contributed by atoms with Crippen LogP contribution in [0.4, 0.5) is 5.69 Å². The van der Waals surface area contributed by atoms with Gasteiger partial charge in [0.2, 0.25) is 11.8 Å². The predicted molar refractivity (Wildman–Crippen MR) is 84.0 cm³/mol. The van der Waals surface area contributed by atoms with E-state index in [2.05, 4.69) is 9.98 Å². The number of hydrogen-bond donors (Lipinski definition) is 1. The summed E-state index contributed by atoms with van der Waals surface area (Å²) in [5.41, 5.74) is 6.90. The Kier molecular flexibility index (Phi) is 5.08. The Labute approximate surface area is 128 Å². The van der Waals surface area contributed by atoms with Gasteiger partial charge in [-0.05, 0) is 6.07 Å². The van der Waals surface area contributed by atoms with Crippen molar-refractivity contribution >= 4 is 17.3 Å². The molecule has 0 aliphatic carbocycles. The fourth-order valence-corrected chi connectivity index (χ4v) is 1.85. The maximum absolute atomic E-state index is 12.1. The zero-order valence-corrected chi connectivity index (χ0v) is 12.4. The van der Waals surface area contributed by atoms with Crippen LogP contribution in [0, 0.1) is 0 Å². The second-order valence-corrected chi connectivity index (χ2v) is 4.45. The number of aliphatic imine (C=N–C) groups is 1. The highest BCUT2D eigenvalue weighted by Gasteiger charge is 2.10. The van der Waals surface area contributed by atoms with E-state index in [-0.39, 0.29) is 23.9 Å². The number of benzene rings is 1. The van der Waals surface area contributed by atoms with Crippen molar-refractivity contribution in [2.75, 3.05) is 14.2 Å². The molecule has 0 spiro atoms. The molecule has 0 fully saturated rings. The number of methoxy groups -OCH3 is 2. The highest BCUT2D eigenvalue weighted by molar-refractivity contribution is 6.09. The molecule has 0 atom stereocenters. The van der Waals surface area contributed by atoms with Gasteiger partial charge in [-0.3, -0.25) is 4.79 Å². The molecule has 6 nitrogen and oxygen atoms in total. The van der Waals surface area contributed by atoms with Crippen LogP contribution in [0.3, 0.4) is 0 Å². The van der Waals surface area contributed by atoms with Gasteiger partial charge in [-0.1, -0.05) is 30.3 Å². The molecule has 1 heterocycles. The summed E-state index contributed by atoms with van der Waals surface area (Å²) >= 11 is 0. The Balaban J connectivity index is 2.17. The molecule has 0 saturated heterocycles. The number of pyridine rings is 1. The Morgan fingerprint density at radius 1 is 1.14 bits per heavy atom. The predicted octanol–water partition coefficient (Wildman–Crippen LogP) is 2.36. The number of rotatable bonds is 6. The van der Waals surface area contributed by atoms with Gasteiger partial charge >= 0.3 is 0 Å². The number of aromatic nitrogens is 1. The van der Waals surface area contributed by atoms with E-state index in [9.17, 15) is 4.79 Å². The molecule has 6 heteroatoms. The monoisotopic (exact) mass is 299 g/mol. The second-order valence-electron chi connectivity index (χ2n) is 4.45. The first kappa shape index (κ1) is 15.5. The Morgan fingerprint density at radius 3 is 2.50 bits per heavy atom. The summed E-state index contributed by atoms with van der Waals surface area (Å²) in [6.45, 7) is 0. The van der Waals surface area contributed by atoms with Crippen molar-refractivity contribution in [1.29, 1.82) is 0 Å². The van der Waals surface area contributed by atoms with Gasteiger partial charge in [0.15, 0.2) is 5.78 Å². The molecular formula is C16H17N3O3. The highest BCUT2D eigenvalue weighted by Crippen LogP contribution is 2.27. The molecule has 0 unspecified atom stereocenters. The lowest BCUT2D eigenvalue weighted by molar-refractivity contribution is 0.100. The summed E-state index contributed by atoms with van der Waals surface area (Å²) in [6.07, 6.45) is 0.0270. The fraction of sp³-hybridized carbons (Fsp3) is 0.188. The summed E-state index contributed by atoms with van der Waals surface area (Å²) in [5.74, 6) is 0.797. The van der Waals surface area contributed by atoms with Crippen LogP contribution in [0.1, 0.15) is 16.8 Å². The molecule has 0 bridgehead atoms. The molecule has 1 aromatic heterocycles. The van der Waals surface area contributed by atoms with Crippen molar-refractivity contribution in [3.05, 3.63) is 48.0 Å². The average molecular weight is 299 g/mol. The lowest BCUT2D eigenvalue weighted by Crippen LogP contribution is -2.17. The van der Waals surface area contributed by atoms with E-state index in [0.29, 0.717) is 17.1 Å². The summed E-state index contributed by atoms with van der Waals surface area (Å²) in [4.78, 5) is 20.4. The summed E-state index contributed by atoms with van der Waals surface area (Å²) < 4.78 is 10.2.